The molecule has 1 aliphatic rings. The van der Waals surface area contributed by atoms with E-state index < -0.39 is 0 Å². The van der Waals surface area contributed by atoms with Gasteiger partial charge in [0.05, 0.1) is 0 Å². The summed E-state index contributed by atoms with van der Waals surface area (Å²) in [6.07, 6.45) is 2.50. The van der Waals surface area contributed by atoms with Crippen LogP contribution in [0.5, 0.6) is 0 Å². The van der Waals surface area contributed by atoms with E-state index in [4.69, 9.17) is 5.73 Å². The Balaban J connectivity index is 2.20. The first kappa shape index (κ1) is 13.8. The Hall–Kier alpha value is -1.58. The van der Waals surface area contributed by atoms with Gasteiger partial charge >= 0.3 is 0 Å². The second kappa shape index (κ2) is 5.59. The molecule has 1 aromatic rings. The maximum absolute atomic E-state index is 12.5. The zero-order valence-corrected chi connectivity index (χ0v) is 12.0. The average Bonchev–Trinajstić information content (AvgIpc) is 3.18. The Bertz CT molecular complexity index is 466. The number of hydrogen-bond acceptors (Lipinski definition) is 3. The standard InChI is InChI=1S/C15H23N3O/c1-4-18(9-11-5-6-11)15(19)12-7-13(10(2)3)17-14(16)8-12/h7-8,10-11H,4-6,9H2,1-3H3,(H2,16,17). The minimum atomic E-state index is 0.0744. The van der Waals surface area contributed by atoms with Crippen LogP contribution >= 0.6 is 0 Å². The molecule has 1 aromatic heterocycles. The molecule has 4 heteroatoms. The fourth-order valence-electron chi connectivity index (χ4n) is 2.14. The molecule has 0 aromatic carbocycles. The fourth-order valence-corrected chi connectivity index (χ4v) is 2.14. The summed E-state index contributed by atoms with van der Waals surface area (Å²) in [6, 6.07) is 3.56. The Kier molecular flexibility index (Phi) is 4.08. The third-order valence-corrected chi connectivity index (χ3v) is 3.55. The van der Waals surface area contributed by atoms with Crippen LogP contribution in [0.2, 0.25) is 0 Å². The summed E-state index contributed by atoms with van der Waals surface area (Å²) in [5.74, 6) is 1.48. The largest absolute Gasteiger partial charge is 0.384 e. The fraction of sp³-hybridized carbons (Fsp3) is 0.600. The third-order valence-electron chi connectivity index (χ3n) is 3.55. The van der Waals surface area contributed by atoms with Crippen LogP contribution in [0, 0.1) is 5.92 Å². The molecule has 0 atom stereocenters. The molecule has 2 rings (SSSR count). The summed E-state index contributed by atoms with van der Waals surface area (Å²) >= 11 is 0. The van der Waals surface area contributed by atoms with E-state index in [0.29, 0.717) is 17.3 Å². The number of rotatable bonds is 5. The van der Waals surface area contributed by atoms with Crippen LogP contribution in [0.15, 0.2) is 12.1 Å². The quantitative estimate of drug-likeness (QED) is 0.886. The molecular weight excluding hydrogens is 238 g/mol. The molecule has 1 heterocycles. The van der Waals surface area contributed by atoms with Crippen LogP contribution < -0.4 is 5.73 Å². The number of anilines is 1. The van der Waals surface area contributed by atoms with E-state index in [-0.39, 0.29) is 11.8 Å². The second-order valence-electron chi connectivity index (χ2n) is 5.65. The number of hydrogen-bond donors (Lipinski definition) is 1. The molecule has 104 valence electrons. The zero-order chi connectivity index (χ0) is 14.0. The molecule has 19 heavy (non-hydrogen) atoms. The highest BCUT2D eigenvalue weighted by atomic mass is 16.2. The normalized spacial score (nSPS) is 14.7. The molecule has 4 nitrogen and oxygen atoms in total. The highest BCUT2D eigenvalue weighted by molar-refractivity contribution is 5.95. The van der Waals surface area contributed by atoms with Crippen molar-refractivity contribution < 1.29 is 4.79 Å². The van der Waals surface area contributed by atoms with Crippen molar-refractivity contribution in [2.24, 2.45) is 5.92 Å². The molecule has 0 radical (unpaired) electrons. The van der Waals surface area contributed by atoms with Gasteiger partial charge in [0.15, 0.2) is 0 Å². The van der Waals surface area contributed by atoms with Crippen molar-refractivity contribution in [3.05, 3.63) is 23.4 Å². The summed E-state index contributed by atoms with van der Waals surface area (Å²) in [6.45, 7) is 7.74. The molecule has 1 aliphatic carbocycles. The third kappa shape index (κ3) is 3.46. The minimum Gasteiger partial charge on any atom is -0.384 e. The predicted molar refractivity (Wildman–Crippen MR) is 77.0 cm³/mol. The van der Waals surface area contributed by atoms with Crippen molar-refractivity contribution in [1.82, 2.24) is 9.88 Å². The molecule has 1 saturated carbocycles. The van der Waals surface area contributed by atoms with Crippen molar-refractivity contribution in [2.75, 3.05) is 18.8 Å². The average molecular weight is 261 g/mol. The van der Waals surface area contributed by atoms with E-state index in [0.717, 1.165) is 18.8 Å². The summed E-state index contributed by atoms with van der Waals surface area (Å²) in [5.41, 5.74) is 7.35. The topological polar surface area (TPSA) is 59.2 Å². The number of nitrogens with zero attached hydrogens (tertiary/aromatic N) is 2. The van der Waals surface area contributed by atoms with Crippen molar-refractivity contribution in [3.63, 3.8) is 0 Å². The number of amides is 1. The Labute approximate surface area is 115 Å². The zero-order valence-electron chi connectivity index (χ0n) is 12.0. The first-order valence-electron chi connectivity index (χ1n) is 7.08. The molecule has 0 unspecified atom stereocenters. The van der Waals surface area contributed by atoms with E-state index in [1.165, 1.54) is 12.8 Å². The highest BCUT2D eigenvalue weighted by Crippen LogP contribution is 2.30. The van der Waals surface area contributed by atoms with Gasteiger partial charge in [0.2, 0.25) is 0 Å². The molecule has 0 saturated heterocycles. The Morgan fingerprint density at radius 2 is 2.16 bits per heavy atom. The SMILES string of the molecule is CCN(CC1CC1)C(=O)c1cc(N)nc(C(C)C)c1. The monoisotopic (exact) mass is 261 g/mol. The lowest BCUT2D eigenvalue weighted by molar-refractivity contribution is 0.0756. The van der Waals surface area contributed by atoms with Gasteiger partial charge in [0.1, 0.15) is 5.82 Å². The van der Waals surface area contributed by atoms with E-state index in [1.807, 2.05) is 17.9 Å². The number of carbonyl (C=O) groups excluding carboxylic acids is 1. The van der Waals surface area contributed by atoms with Crippen LogP contribution in [0.25, 0.3) is 0 Å². The summed E-state index contributed by atoms with van der Waals surface area (Å²) in [5, 5.41) is 0. The molecule has 0 spiro atoms. The van der Waals surface area contributed by atoms with Gasteiger partial charge in [-0.05, 0) is 43.7 Å². The summed E-state index contributed by atoms with van der Waals surface area (Å²) < 4.78 is 0. The summed E-state index contributed by atoms with van der Waals surface area (Å²) in [4.78, 5) is 18.7. The lowest BCUT2D eigenvalue weighted by Crippen LogP contribution is -2.32. The van der Waals surface area contributed by atoms with Gasteiger partial charge in [-0.1, -0.05) is 13.8 Å². The molecule has 0 aliphatic heterocycles. The molecule has 1 amide bonds. The first-order chi connectivity index (χ1) is 9.01. The van der Waals surface area contributed by atoms with Crippen LogP contribution in [0.4, 0.5) is 5.82 Å². The van der Waals surface area contributed by atoms with Gasteiger partial charge < -0.3 is 10.6 Å². The van der Waals surface area contributed by atoms with E-state index >= 15 is 0 Å². The van der Waals surface area contributed by atoms with Crippen LogP contribution in [0.3, 0.4) is 0 Å². The molecule has 0 bridgehead atoms. The van der Waals surface area contributed by atoms with Gasteiger partial charge in [-0.25, -0.2) is 4.98 Å². The number of carbonyl (C=O) groups is 1. The van der Waals surface area contributed by atoms with E-state index in [2.05, 4.69) is 18.8 Å². The Morgan fingerprint density at radius 1 is 1.47 bits per heavy atom. The lowest BCUT2D eigenvalue weighted by atomic mass is 10.1. The summed E-state index contributed by atoms with van der Waals surface area (Å²) in [7, 11) is 0. The molecular formula is C15H23N3O. The van der Waals surface area contributed by atoms with E-state index in [9.17, 15) is 4.79 Å². The number of nitrogen functional groups attached to an aromatic ring is 1. The number of pyridine rings is 1. The predicted octanol–water partition coefficient (Wildman–Crippen LogP) is 2.66. The van der Waals surface area contributed by atoms with Gasteiger partial charge in [0, 0.05) is 24.3 Å². The first-order valence-corrected chi connectivity index (χ1v) is 7.08. The smallest absolute Gasteiger partial charge is 0.254 e. The second-order valence-corrected chi connectivity index (χ2v) is 5.65. The van der Waals surface area contributed by atoms with Crippen molar-refractivity contribution in [1.29, 1.82) is 0 Å². The number of aromatic nitrogens is 1. The highest BCUT2D eigenvalue weighted by Gasteiger charge is 2.26. The maximum atomic E-state index is 12.5. The number of nitrogens with two attached hydrogens (primary N) is 1. The van der Waals surface area contributed by atoms with Crippen LogP contribution in [-0.2, 0) is 0 Å². The minimum absolute atomic E-state index is 0.0744. The van der Waals surface area contributed by atoms with Crippen molar-refractivity contribution in [2.45, 2.75) is 39.5 Å². The van der Waals surface area contributed by atoms with Crippen LogP contribution in [0.1, 0.15) is 55.6 Å². The van der Waals surface area contributed by atoms with Gasteiger partial charge in [-0.3, -0.25) is 4.79 Å². The Morgan fingerprint density at radius 3 is 2.68 bits per heavy atom. The van der Waals surface area contributed by atoms with Crippen LogP contribution in [-0.4, -0.2) is 28.9 Å². The maximum Gasteiger partial charge on any atom is 0.254 e. The van der Waals surface area contributed by atoms with Crippen molar-refractivity contribution in [3.8, 4) is 0 Å². The lowest BCUT2D eigenvalue weighted by Gasteiger charge is -2.21. The van der Waals surface area contributed by atoms with Gasteiger partial charge in [-0.15, -0.1) is 0 Å². The van der Waals surface area contributed by atoms with Gasteiger partial charge in [0.25, 0.3) is 5.91 Å². The van der Waals surface area contributed by atoms with Crippen molar-refractivity contribution >= 4 is 11.7 Å². The van der Waals surface area contributed by atoms with Gasteiger partial charge in [-0.2, -0.15) is 0 Å². The van der Waals surface area contributed by atoms with E-state index in [1.54, 1.807) is 6.07 Å². The molecule has 1 fully saturated rings. The molecule has 2 N–H and O–H groups in total.